The van der Waals surface area contributed by atoms with E-state index in [0.29, 0.717) is 23.3 Å². The van der Waals surface area contributed by atoms with Crippen molar-refractivity contribution >= 4 is 40.3 Å². The van der Waals surface area contributed by atoms with Crippen molar-refractivity contribution in [2.75, 3.05) is 0 Å². The fourth-order valence-electron chi connectivity index (χ4n) is 3.45. The second kappa shape index (κ2) is 8.69. The lowest BCUT2D eigenvalue weighted by Crippen LogP contribution is -2.05. The van der Waals surface area contributed by atoms with Crippen molar-refractivity contribution in [3.05, 3.63) is 118 Å². The van der Waals surface area contributed by atoms with Crippen molar-refractivity contribution in [3.8, 4) is 5.75 Å². The average molecular weight is 440 g/mol. The summed E-state index contributed by atoms with van der Waals surface area (Å²) in [5, 5.41) is 2.86. The van der Waals surface area contributed by atoms with E-state index in [1.807, 2.05) is 91.0 Å². The first-order chi connectivity index (χ1) is 15.7. The second-order valence-corrected chi connectivity index (χ2v) is 7.75. The molecule has 0 fully saturated rings. The van der Waals surface area contributed by atoms with Gasteiger partial charge in [0.15, 0.2) is 5.70 Å². The normalized spacial score (nSPS) is 14.5. The van der Waals surface area contributed by atoms with E-state index in [1.165, 1.54) is 0 Å². The minimum absolute atomic E-state index is 0.262. The van der Waals surface area contributed by atoms with Crippen molar-refractivity contribution in [3.63, 3.8) is 0 Å². The molecule has 0 amide bonds. The van der Waals surface area contributed by atoms with Crippen LogP contribution in [0.25, 0.3) is 16.8 Å². The number of carbonyl (C=O) groups excluding carboxylic acids is 1. The lowest BCUT2D eigenvalue weighted by atomic mass is 10.1. The van der Waals surface area contributed by atoms with Gasteiger partial charge >= 0.3 is 5.97 Å². The molecule has 1 aliphatic heterocycles. The monoisotopic (exact) mass is 439 g/mol. The molecule has 4 nitrogen and oxygen atoms in total. The first-order valence-electron chi connectivity index (χ1n) is 10.1. The zero-order valence-corrected chi connectivity index (χ0v) is 17.8. The largest absolute Gasteiger partial charge is 0.489 e. The van der Waals surface area contributed by atoms with Crippen LogP contribution in [-0.2, 0) is 16.1 Å². The van der Waals surface area contributed by atoms with Crippen LogP contribution in [0, 0.1) is 0 Å². The highest BCUT2D eigenvalue weighted by Gasteiger charge is 2.24. The topological polar surface area (TPSA) is 47.9 Å². The SMILES string of the molecule is O=C1OC(c2ccc3ccccc3c2)=N/C1=C\c1ccc(OCc2ccccc2Cl)cc1. The van der Waals surface area contributed by atoms with Gasteiger partial charge in [-0.25, -0.2) is 9.79 Å². The number of cyclic esters (lactones) is 1. The van der Waals surface area contributed by atoms with Crippen LogP contribution >= 0.6 is 11.6 Å². The summed E-state index contributed by atoms with van der Waals surface area (Å²) < 4.78 is 11.2. The summed E-state index contributed by atoms with van der Waals surface area (Å²) in [5.41, 5.74) is 2.77. The summed E-state index contributed by atoms with van der Waals surface area (Å²) in [5.74, 6) is 0.556. The zero-order valence-electron chi connectivity index (χ0n) is 17.0. The molecule has 1 heterocycles. The van der Waals surface area contributed by atoms with Gasteiger partial charge in [0.1, 0.15) is 12.4 Å². The number of fused-ring (bicyclic) bond motifs is 1. The summed E-state index contributed by atoms with van der Waals surface area (Å²) in [6, 6.07) is 28.9. The van der Waals surface area contributed by atoms with Crippen molar-refractivity contribution < 1.29 is 14.3 Å². The average Bonchev–Trinajstić information content (AvgIpc) is 3.19. The van der Waals surface area contributed by atoms with Crippen LogP contribution in [0.2, 0.25) is 5.02 Å². The fraction of sp³-hybridized carbons (Fsp3) is 0.0370. The molecule has 0 aromatic heterocycles. The summed E-state index contributed by atoms with van der Waals surface area (Å²) in [6.45, 7) is 0.381. The second-order valence-electron chi connectivity index (χ2n) is 7.35. The van der Waals surface area contributed by atoms with E-state index in [4.69, 9.17) is 21.1 Å². The van der Waals surface area contributed by atoms with E-state index in [1.54, 1.807) is 6.08 Å². The number of carbonyl (C=O) groups is 1. The van der Waals surface area contributed by atoms with Gasteiger partial charge in [-0.05, 0) is 52.7 Å². The fourth-order valence-corrected chi connectivity index (χ4v) is 3.64. The standard InChI is InChI=1S/C27H18ClNO3/c28-24-8-4-3-7-22(24)17-31-23-13-9-18(10-14-23)15-25-27(30)32-26(29-25)21-12-11-19-5-1-2-6-20(19)16-21/h1-16H,17H2/b25-15-. The minimum Gasteiger partial charge on any atom is -0.489 e. The molecule has 1 aliphatic rings. The molecule has 0 bridgehead atoms. The highest BCUT2D eigenvalue weighted by molar-refractivity contribution is 6.31. The number of halogens is 1. The van der Waals surface area contributed by atoms with Gasteiger partial charge in [-0.2, -0.15) is 0 Å². The number of hydrogen-bond acceptors (Lipinski definition) is 4. The number of aliphatic imine (C=N–C) groups is 1. The maximum absolute atomic E-state index is 12.3. The van der Waals surface area contributed by atoms with E-state index in [9.17, 15) is 4.79 Å². The van der Waals surface area contributed by atoms with E-state index < -0.39 is 5.97 Å². The van der Waals surface area contributed by atoms with E-state index >= 15 is 0 Å². The highest BCUT2D eigenvalue weighted by atomic mass is 35.5. The van der Waals surface area contributed by atoms with Crippen LogP contribution in [0.1, 0.15) is 16.7 Å². The Labute approximate surface area is 190 Å². The maximum Gasteiger partial charge on any atom is 0.363 e. The molecule has 0 atom stereocenters. The first kappa shape index (κ1) is 20.0. The third kappa shape index (κ3) is 4.27. The number of benzene rings is 4. The Morgan fingerprint density at radius 2 is 1.62 bits per heavy atom. The third-order valence-electron chi connectivity index (χ3n) is 5.15. The molecule has 0 N–H and O–H groups in total. The molecule has 0 saturated heterocycles. The van der Waals surface area contributed by atoms with Crippen LogP contribution in [0.5, 0.6) is 5.75 Å². The Hall–Kier alpha value is -3.89. The van der Waals surface area contributed by atoms with Gasteiger partial charge in [-0.3, -0.25) is 0 Å². The Bertz CT molecular complexity index is 1370. The van der Waals surface area contributed by atoms with Crippen LogP contribution < -0.4 is 4.74 Å². The smallest absolute Gasteiger partial charge is 0.363 e. The lowest BCUT2D eigenvalue weighted by Gasteiger charge is -2.07. The molecule has 0 radical (unpaired) electrons. The van der Waals surface area contributed by atoms with Gasteiger partial charge in [-0.1, -0.05) is 72.3 Å². The summed E-state index contributed by atoms with van der Waals surface area (Å²) >= 11 is 6.17. The van der Waals surface area contributed by atoms with Crippen LogP contribution in [0.3, 0.4) is 0 Å². The Balaban J connectivity index is 1.32. The number of rotatable bonds is 5. The van der Waals surface area contributed by atoms with Gasteiger partial charge < -0.3 is 9.47 Å². The number of ether oxygens (including phenoxy) is 2. The zero-order chi connectivity index (χ0) is 21.9. The number of esters is 1. The number of hydrogen-bond donors (Lipinski definition) is 0. The maximum atomic E-state index is 12.3. The molecule has 5 heteroatoms. The Morgan fingerprint density at radius 1 is 0.875 bits per heavy atom. The Kier molecular flexibility index (Phi) is 5.44. The van der Waals surface area contributed by atoms with Crippen molar-refractivity contribution in [1.82, 2.24) is 0 Å². The van der Waals surface area contributed by atoms with E-state index in [2.05, 4.69) is 4.99 Å². The van der Waals surface area contributed by atoms with Crippen LogP contribution in [0.4, 0.5) is 0 Å². The predicted molar refractivity (Wildman–Crippen MR) is 127 cm³/mol. The van der Waals surface area contributed by atoms with Gasteiger partial charge in [-0.15, -0.1) is 0 Å². The first-order valence-corrected chi connectivity index (χ1v) is 10.5. The highest BCUT2D eigenvalue weighted by Crippen LogP contribution is 2.24. The third-order valence-corrected chi connectivity index (χ3v) is 5.52. The van der Waals surface area contributed by atoms with Gasteiger partial charge in [0.05, 0.1) is 0 Å². The van der Waals surface area contributed by atoms with Gasteiger partial charge in [0, 0.05) is 16.1 Å². The van der Waals surface area contributed by atoms with Gasteiger partial charge in [0.25, 0.3) is 0 Å². The van der Waals surface area contributed by atoms with Crippen LogP contribution in [-0.4, -0.2) is 11.9 Å². The molecule has 0 unspecified atom stereocenters. The van der Waals surface area contributed by atoms with E-state index in [0.717, 1.165) is 27.5 Å². The van der Waals surface area contributed by atoms with E-state index in [-0.39, 0.29) is 5.70 Å². The molecule has 5 rings (SSSR count). The summed E-state index contributed by atoms with van der Waals surface area (Å²) in [7, 11) is 0. The minimum atomic E-state index is -0.466. The summed E-state index contributed by atoms with van der Waals surface area (Å²) in [4.78, 5) is 16.8. The quantitative estimate of drug-likeness (QED) is 0.266. The van der Waals surface area contributed by atoms with Crippen molar-refractivity contribution in [1.29, 1.82) is 0 Å². The Morgan fingerprint density at radius 3 is 2.44 bits per heavy atom. The van der Waals surface area contributed by atoms with Crippen LogP contribution in [0.15, 0.2) is 102 Å². The van der Waals surface area contributed by atoms with Crippen molar-refractivity contribution in [2.24, 2.45) is 4.99 Å². The molecule has 0 aliphatic carbocycles. The summed E-state index contributed by atoms with van der Waals surface area (Å²) in [6.07, 6.45) is 1.70. The predicted octanol–water partition coefficient (Wildman–Crippen LogP) is 6.42. The molecular formula is C27H18ClNO3. The molecule has 4 aromatic carbocycles. The number of nitrogens with zero attached hydrogens (tertiary/aromatic N) is 1. The molecule has 4 aromatic rings. The van der Waals surface area contributed by atoms with Gasteiger partial charge in [0.2, 0.25) is 5.90 Å². The molecular weight excluding hydrogens is 422 g/mol. The molecule has 32 heavy (non-hydrogen) atoms. The molecule has 0 saturated carbocycles. The lowest BCUT2D eigenvalue weighted by molar-refractivity contribution is -0.129. The van der Waals surface area contributed by atoms with Crippen molar-refractivity contribution in [2.45, 2.75) is 6.61 Å². The molecule has 156 valence electrons. The molecule has 0 spiro atoms.